The summed E-state index contributed by atoms with van der Waals surface area (Å²) in [5, 5.41) is 0.953. The third-order valence-corrected chi connectivity index (χ3v) is 5.56. The van der Waals surface area contributed by atoms with Crippen molar-refractivity contribution in [2.75, 3.05) is 31.6 Å². The van der Waals surface area contributed by atoms with Gasteiger partial charge >= 0.3 is 12.3 Å². The van der Waals surface area contributed by atoms with E-state index in [0.717, 1.165) is 29.7 Å². The zero-order valence-corrected chi connectivity index (χ0v) is 14.7. The predicted octanol–water partition coefficient (Wildman–Crippen LogP) is 2.80. The zero-order valence-electron chi connectivity index (χ0n) is 14.7. The Morgan fingerprint density at radius 1 is 1.33 bits per heavy atom. The molecule has 1 saturated carbocycles. The van der Waals surface area contributed by atoms with Gasteiger partial charge in [-0.1, -0.05) is 0 Å². The van der Waals surface area contributed by atoms with Gasteiger partial charge < -0.3 is 19.5 Å². The molecule has 0 radical (unpaired) electrons. The molecule has 1 aliphatic carbocycles. The summed E-state index contributed by atoms with van der Waals surface area (Å²) < 4.78 is 41.0. The average molecular weight is 383 g/mol. The first-order valence-electron chi connectivity index (χ1n) is 8.81. The molecule has 27 heavy (non-hydrogen) atoms. The minimum atomic E-state index is -4.50. The number of alkyl halides is 3. The van der Waals surface area contributed by atoms with E-state index >= 15 is 0 Å². The molecule has 0 bridgehead atoms. The van der Waals surface area contributed by atoms with Crippen molar-refractivity contribution in [3.8, 4) is 0 Å². The second-order valence-corrected chi connectivity index (χ2v) is 7.27. The van der Waals surface area contributed by atoms with E-state index in [1.165, 1.54) is 11.2 Å². The normalized spacial score (nSPS) is 25.0. The van der Waals surface area contributed by atoms with E-state index < -0.39 is 18.9 Å². The monoisotopic (exact) mass is 383 g/mol. The predicted molar refractivity (Wildman–Crippen MR) is 91.3 cm³/mol. The number of likely N-dealkylation sites (tertiary alicyclic amines) is 1. The lowest BCUT2D eigenvalue weighted by atomic mass is 10.0. The second kappa shape index (κ2) is 6.58. The first kappa shape index (κ1) is 17.9. The highest BCUT2D eigenvalue weighted by molar-refractivity contribution is 5.87. The van der Waals surface area contributed by atoms with Crippen LogP contribution in [0.15, 0.2) is 18.6 Å². The van der Waals surface area contributed by atoms with Crippen molar-refractivity contribution in [3.63, 3.8) is 0 Å². The number of nitrogens with one attached hydrogen (secondary N) is 1. The van der Waals surface area contributed by atoms with Gasteiger partial charge in [0.2, 0.25) is 0 Å². The number of rotatable bonds is 3. The Bertz CT molecular complexity index is 825. The summed E-state index contributed by atoms with van der Waals surface area (Å²) in [6.45, 7) is -0.659. The lowest BCUT2D eigenvalue weighted by Gasteiger charge is -2.27. The molecule has 3 heterocycles. The van der Waals surface area contributed by atoms with Crippen LogP contribution in [0, 0.1) is 11.8 Å². The van der Waals surface area contributed by atoms with Crippen LogP contribution in [0.25, 0.3) is 11.0 Å². The van der Waals surface area contributed by atoms with Crippen LogP contribution in [-0.4, -0.2) is 64.9 Å². The third kappa shape index (κ3) is 3.52. The van der Waals surface area contributed by atoms with E-state index in [-0.39, 0.29) is 17.9 Å². The molecule has 10 heteroatoms. The van der Waals surface area contributed by atoms with E-state index in [1.54, 1.807) is 0 Å². The Morgan fingerprint density at radius 2 is 2.04 bits per heavy atom. The summed E-state index contributed by atoms with van der Waals surface area (Å²) in [5.41, 5.74) is 0.781. The Hall–Kier alpha value is -2.52. The maximum Gasteiger partial charge on any atom is 0.422 e. The summed E-state index contributed by atoms with van der Waals surface area (Å²) in [4.78, 5) is 27.1. The molecule has 2 aromatic rings. The molecule has 1 N–H and O–H groups in total. The summed E-state index contributed by atoms with van der Waals surface area (Å²) >= 11 is 0. The molecular formula is C17H20F3N5O2. The summed E-state index contributed by atoms with van der Waals surface area (Å²) in [5.74, 6) is 1.38. The maximum absolute atomic E-state index is 12.2. The van der Waals surface area contributed by atoms with Crippen LogP contribution in [0.2, 0.25) is 0 Å². The number of fused-ring (bicyclic) bond motifs is 2. The number of carbonyl (C=O) groups excluding carboxylic acids is 1. The molecule has 146 valence electrons. The van der Waals surface area contributed by atoms with Crippen molar-refractivity contribution in [2.45, 2.75) is 25.1 Å². The summed E-state index contributed by atoms with van der Waals surface area (Å²) in [6, 6.07) is 2.20. The highest BCUT2D eigenvalue weighted by atomic mass is 19.4. The van der Waals surface area contributed by atoms with Gasteiger partial charge in [0.1, 0.15) is 17.8 Å². The summed E-state index contributed by atoms with van der Waals surface area (Å²) in [7, 11) is 2.00. The molecule has 1 amide bonds. The van der Waals surface area contributed by atoms with Crippen LogP contribution in [0.5, 0.6) is 0 Å². The Labute approximate surface area is 153 Å². The average Bonchev–Trinajstić information content (AvgIpc) is 3.31. The molecule has 1 aliphatic heterocycles. The number of nitrogens with zero attached hydrogens (tertiary/aromatic N) is 4. The van der Waals surface area contributed by atoms with Crippen LogP contribution in [0.1, 0.15) is 12.8 Å². The highest BCUT2D eigenvalue weighted by Crippen LogP contribution is 2.41. The van der Waals surface area contributed by atoms with Gasteiger partial charge in [-0.15, -0.1) is 0 Å². The molecule has 2 aromatic heterocycles. The third-order valence-electron chi connectivity index (χ3n) is 5.56. The quantitative estimate of drug-likeness (QED) is 0.882. The van der Waals surface area contributed by atoms with Crippen molar-refractivity contribution in [1.82, 2.24) is 19.9 Å². The van der Waals surface area contributed by atoms with E-state index in [9.17, 15) is 18.0 Å². The number of hydrogen-bond donors (Lipinski definition) is 1. The van der Waals surface area contributed by atoms with Crippen molar-refractivity contribution >= 4 is 22.9 Å². The van der Waals surface area contributed by atoms with Gasteiger partial charge in [0, 0.05) is 32.4 Å². The number of aromatic amines is 1. The molecule has 4 rings (SSSR count). The van der Waals surface area contributed by atoms with Crippen LogP contribution in [-0.2, 0) is 4.74 Å². The van der Waals surface area contributed by atoms with Gasteiger partial charge in [-0.2, -0.15) is 13.2 Å². The number of anilines is 1. The topological polar surface area (TPSA) is 74.4 Å². The van der Waals surface area contributed by atoms with E-state index in [4.69, 9.17) is 0 Å². The number of amides is 1. The van der Waals surface area contributed by atoms with Gasteiger partial charge in [-0.05, 0) is 30.7 Å². The minimum absolute atomic E-state index is 0.263. The Morgan fingerprint density at radius 3 is 2.70 bits per heavy atom. The number of halogens is 3. The minimum Gasteiger partial charge on any atom is -0.440 e. The van der Waals surface area contributed by atoms with Crippen LogP contribution in [0.4, 0.5) is 23.8 Å². The maximum atomic E-state index is 12.2. The van der Waals surface area contributed by atoms with E-state index in [1.807, 2.05) is 19.3 Å². The number of ether oxygens (including phenoxy) is 1. The first-order chi connectivity index (χ1) is 12.8. The Balaban J connectivity index is 1.37. The molecule has 1 saturated heterocycles. The highest BCUT2D eigenvalue weighted by Gasteiger charge is 2.44. The lowest BCUT2D eigenvalue weighted by molar-refractivity contribution is -0.162. The van der Waals surface area contributed by atoms with Gasteiger partial charge in [-0.3, -0.25) is 0 Å². The molecule has 2 fully saturated rings. The molecule has 1 unspecified atom stereocenters. The van der Waals surface area contributed by atoms with Crippen molar-refractivity contribution in [1.29, 1.82) is 0 Å². The SMILES string of the molecule is CN(c1ncnc2[nH]ccc12)C1C[C@@H]2CN(C(=O)OCC(F)(F)F)C[C@@H]2C1. The standard InChI is InChI=1S/C17H20F3N5O2/c1-24(15-13-2-3-21-14(13)22-9-23-15)12-4-10-6-25(7-11(10)5-12)16(26)27-8-17(18,19)20/h2-3,9-12H,4-8H2,1H3,(H,21,22,23)/t10-,11+,12?. The molecule has 3 atom stereocenters. The lowest BCUT2D eigenvalue weighted by Crippen LogP contribution is -2.36. The molecular weight excluding hydrogens is 363 g/mol. The fourth-order valence-corrected chi connectivity index (χ4v) is 4.28. The molecule has 2 aliphatic rings. The van der Waals surface area contributed by atoms with Crippen LogP contribution >= 0.6 is 0 Å². The number of aromatic nitrogens is 3. The molecule has 0 aromatic carbocycles. The second-order valence-electron chi connectivity index (χ2n) is 7.27. The zero-order chi connectivity index (χ0) is 19.2. The van der Waals surface area contributed by atoms with Gasteiger partial charge in [0.05, 0.1) is 5.39 Å². The molecule has 7 nitrogen and oxygen atoms in total. The van der Waals surface area contributed by atoms with Gasteiger partial charge in [-0.25, -0.2) is 14.8 Å². The van der Waals surface area contributed by atoms with Gasteiger partial charge in [0.25, 0.3) is 0 Å². The summed E-state index contributed by atoms with van der Waals surface area (Å²) in [6.07, 6.45) is -0.305. The largest absolute Gasteiger partial charge is 0.440 e. The fourth-order valence-electron chi connectivity index (χ4n) is 4.28. The van der Waals surface area contributed by atoms with E-state index in [0.29, 0.717) is 13.1 Å². The van der Waals surface area contributed by atoms with Crippen molar-refractivity contribution in [3.05, 3.63) is 18.6 Å². The van der Waals surface area contributed by atoms with Crippen LogP contribution in [0.3, 0.4) is 0 Å². The van der Waals surface area contributed by atoms with Gasteiger partial charge in [0.15, 0.2) is 6.61 Å². The molecule has 0 spiro atoms. The number of H-pyrrole nitrogens is 1. The van der Waals surface area contributed by atoms with Crippen LogP contribution < -0.4 is 4.90 Å². The van der Waals surface area contributed by atoms with Crippen molar-refractivity contribution in [2.24, 2.45) is 11.8 Å². The smallest absolute Gasteiger partial charge is 0.422 e. The Kier molecular flexibility index (Phi) is 4.35. The van der Waals surface area contributed by atoms with Crippen molar-refractivity contribution < 1.29 is 22.7 Å². The number of hydrogen-bond acceptors (Lipinski definition) is 5. The first-order valence-corrected chi connectivity index (χ1v) is 8.81. The fraction of sp³-hybridized carbons (Fsp3) is 0.588. The van der Waals surface area contributed by atoms with E-state index in [2.05, 4.69) is 24.6 Å². The number of carbonyl (C=O) groups is 1.